The molecule has 0 radical (unpaired) electrons. The largest absolute Gasteiger partial charge is 0.492 e. The number of fused-ring (bicyclic) bond motifs is 1. The summed E-state index contributed by atoms with van der Waals surface area (Å²) in [5, 5.41) is 6.31. The number of carbonyl (C=O) groups excluding carboxylic acids is 2. The van der Waals surface area contributed by atoms with Crippen molar-refractivity contribution in [2.24, 2.45) is 5.92 Å². The minimum atomic E-state index is -0.434. The molecule has 22 heavy (non-hydrogen) atoms. The monoisotopic (exact) mass is 322 g/mol. The predicted octanol–water partition coefficient (Wildman–Crippen LogP) is 1.68. The second-order valence-electron chi connectivity index (χ2n) is 5.81. The van der Waals surface area contributed by atoms with Crippen molar-refractivity contribution in [2.45, 2.75) is 31.7 Å². The highest BCUT2D eigenvalue weighted by Gasteiger charge is 2.30. The Hall–Kier alpha value is -1.75. The summed E-state index contributed by atoms with van der Waals surface area (Å²) in [6, 6.07) is 4.99. The van der Waals surface area contributed by atoms with Crippen molar-refractivity contribution in [2.75, 3.05) is 13.2 Å². The molecule has 0 saturated carbocycles. The van der Waals surface area contributed by atoms with E-state index in [9.17, 15) is 9.59 Å². The first-order valence-corrected chi connectivity index (χ1v) is 8.00. The first-order valence-electron chi connectivity index (χ1n) is 7.63. The fourth-order valence-electron chi connectivity index (χ4n) is 2.90. The second kappa shape index (κ2) is 6.57. The molecule has 1 fully saturated rings. The van der Waals surface area contributed by atoms with E-state index < -0.39 is 6.04 Å². The van der Waals surface area contributed by atoms with E-state index >= 15 is 0 Å². The van der Waals surface area contributed by atoms with Crippen molar-refractivity contribution in [1.29, 1.82) is 0 Å². The maximum atomic E-state index is 12.4. The third kappa shape index (κ3) is 3.35. The van der Waals surface area contributed by atoms with Crippen LogP contribution in [0.15, 0.2) is 18.2 Å². The van der Waals surface area contributed by atoms with Gasteiger partial charge in [-0.05, 0) is 49.4 Å². The van der Waals surface area contributed by atoms with Gasteiger partial charge in [-0.1, -0.05) is 11.6 Å². The van der Waals surface area contributed by atoms with Crippen LogP contribution in [0, 0.1) is 5.92 Å². The molecule has 3 rings (SSSR count). The minimum Gasteiger partial charge on any atom is -0.492 e. The Morgan fingerprint density at radius 1 is 1.36 bits per heavy atom. The van der Waals surface area contributed by atoms with Crippen LogP contribution in [0.5, 0.6) is 5.75 Å². The van der Waals surface area contributed by atoms with Gasteiger partial charge < -0.3 is 15.4 Å². The first kappa shape index (κ1) is 15.2. The summed E-state index contributed by atoms with van der Waals surface area (Å²) < 4.78 is 5.63. The van der Waals surface area contributed by atoms with Crippen LogP contribution in [-0.2, 0) is 16.0 Å². The van der Waals surface area contributed by atoms with Crippen LogP contribution in [-0.4, -0.2) is 31.0 Å². The molecule has 0 unspecified atom stereocenters. The Bertz CT molecular complexity index is 591. The average molecular weight is 323 g/mol. The van der Waals surface area contributed by atoms with Crippen LogP contribution in [0.3, 0.4) is 0 Å². The third-order valence-electron chi connectivity index (χ3n) is 4.15. The smallest absolute Gasteiger partial charge is 0.242 e. The molecule has 0 aromatic heterocycles. The van der Waals surface area contributed by atoms with Crippen molar-refractivity contribution in [3.63, 3.8) is 0 Å². The van der Waals surface area contributed by atoms with Gasteiger partial charge in [-0.15, -0.1) is 0 Å². The molecule has 6 heteroatoms. The predicted molar refractivity (Wildman–Crippen MR) is 82.9 cm³/mol. The number of benzene rings is 1. The Kier molecular flexibility index (Phi) is 4.52. The van der Waals surface area contributed by atoms with E-state index in [-0.39, 0.29) is 17.7 Å². The zero-order chi connectivity index (χ0) is 15.5. The summed E-state index contributed by atoms with van der Waals surface area (Å²) >= 11 is 5.99. The lowest BCUT2D eigenvalue weighted by Crippen LogP contribution is -2.49. The molecule has 2 aliphatic heterocycles. The van der Waals surface area contributed by atoms with E-state index in [4.69, 9.17) is 16.3 Å². The van der Waals surface area contributed by atoms with Crippen LogP contribution in [0.1, 0.15) is 24.8 Å². The number of carbonyl (C=O) groups is 2. The fourth-order valence-corrected chi connectivity index (χ4v) is 3.09. The molecule has 2 N–H and O–H groups in total. The van der Waals surface area contributed by atoms with Crippen LogP contribution >= 0.6 is 11.6 Å². The second-order valence-corrected chi connectivity index (χ2v) is 6.25. The molecule has 2 atom stereocenters. The highest BCUT2D eigenvalue weighted by atomic mass is 35.5. The van der Waals surface area contributed by atoms with E-state index in [1.54, 1.807) is 6.07 Å². The maximum absolute atomic E-state index is 12.4. The Balaban J connectivity index is 1.64. The molecule has 0 bridgehead atoms. The van der Waals surface area contributed by atoms with Crippen molar-refractivity contribution in [3.8, 4) is 5.75 Å². The van der Waals surface area contributed by atoms with E-state index in [0.717, 1.165) is 24.2 Å². The molecule has 0 spiro atoms. The molecule has 1 aromatic carbocycles. The molecule has 2 aliphatic rings. The first-order chi connectivity index (χ1) is 10.6. The number of ether oxygens (including phenoxy) is 1. The molecule has 118 valence electrons. The lowest BCUT2D eigenvalue weighted by Gasteiger charge is -2.26. The van der Waals surface area contributed by atoms with Gasteiger partial charge in [0.2, 0.25) is 11.8 Å². The van der Waals surface area contributed by atoms with Gasteiger partial charge in [-0.25, -0.2) is 0 Å². The highest BCUT2D eigenvalue weighted by molar-refractivity contribution is 6.30. The lowest BCUT2D eigenvalue weighted by molar-refractivity contribution is -0.131. The van der Waals surface area contributed by atoms with Crippen molar-refractivity contribution in [3.05, 3.63) is 28.8 Å². The SMILES string of the molecule is O=C(N[C@H]1CCCCNC1=O)[C@H]1COc2ccc(Cl)cc2C1. The van der Waals surface area contributed by atoms with Gasteiger partial charge in [-0.2, -0.15) is 0 Å². The van der Waals surface area contributed by atoms with Gasteiger partial charge in [0, 0.05) is 11.6 Å². The van der Waals surface area contributed by atoms with Crippen molar-refractivity contribution >= 4 is 23.4 Å². The number of nitrogens with one attached hydrogen (secondary N) is 2. The number of amides is 2. The summed E-state index contributed by atoms with van der Waals surface area (Å²) in [7, 11) is 0. The van der Waals surface area contributed by atoms with Crippen molar-refractivity contribution in [1.82, 2.24) is 10.6 Å². The molecule has 5 nitrogen and oxygen atoms in total. The summed E-state index contributed by atoms with van der Waals surface area (Å²) in [4.78, 5) is 24.3. The summed E-state index contributed by atoms with van der Waals surface area (Å²) in [5.41, 5.74) is 0.934. The molecule has 2 heterocycles. The Morgan fingerprint density at radius 3 is 3.09 bits per heavy atom. The molecule has 1 aromatic rings. The van der Waals surface area contributed by atoms with Crippen LogP contribution in [0.4, 0.5) is 0 Å². The van der Waals surface area contributed by atoms with E-state index in [0.29, 0.717) is 31.0 Å². The summed E-state index contributed by atoms with van der Waals surface area (Å²) in [6.45, 7) is 1.01. The lowest BCUT2D eigenvalue weighted by atomic mass is 9.95. The van der Waals surface area contributed by atoms with Gasteiger partial charge in [-0.3, -0.25) is 9.59 Å². The average Bonchev–Trinajstić information content (AvgIpc) is 2.71. The number of halogens is 1. The van der Waals surface area contributed by atoms with Crippen LogP contribution in [0.2, 0.25) is 5.02 Å². The Morgan fingerprint density at radius 2 is 2.23 bits per heavy atom. The van der Waals surface area contributed by atoms with Gasteiger partial charge >= 0.3 is 0 Å². The number of rotatable bonds is 2. The third-order valence-corrected chi connectivity index (χ3v) is 4.39. The van der Waals surface area contributed by atoms with Crippen LogP contribution < -0.4 is 15.4 Å². The van der Waals surface area contributed by atoms with Crippen LogP contribution in [0.25, 0.3) is 0 Å². The molecular formula is C16H19ClN2O3. The fraction of sp³-hybridized carbons (Fsp3) is 0.500. The number of hydrogen-bond donors (Lipinski definition) is 2. The quantitative estimate of drug-likeness (QED) is 0.870. The van der Waals surface area contributed by atoms with Gasteiger partial charge in [0.05, 0.1) is 5.92 Å². The van der Waals surface area contributed by atoms with Gasteiger partial charge in [0.25, 0.3) is 0 Å². The van der Waals surface area contributed by atoms with E-state index in [1.807, 2.05) is 12.1 Å². The minimum absolute atomic E-state index is 0.0916. The zero-order valence-electron chi connectivity index (χ0n) is 12.2. The zero-order valence-corrected chi connectivity index (χ0v) is 13.0. The molecule has 2 amide bonds. The molecule has 1 saturated heterocycles. The molecule has 0 aliphatic carbocycles. The van der Waals surface area contributed by atoms with Gasteiger partial charge in [0.1, 0.15) is 18.4 Å². The maximum Gasteiger partial charge on any atom is 0.242 e. The van der Waals surface area contributed by atoms with Crippen molar-refractivity contribution < 1.29 is 14.3 Å². The van der Waals surface area contributed by atoms with E-state index in [1.165, 1.54) is 0 Å². The Labute approximate surface area is 134 Å². The topological polar surface area (TPSA) is 67.4 Å². The molecular weight excluding hydrogens is 304 g/mol. The standard InChI is InChI=1S/C16H19ClN2O3/c17-12-4-5-14-10(8-12)7-11(9-22-14)15(20)19-13-3-1-2-6-18-16(13)21/h4-5,8,11,13H,1-3,6-7,9H2,(H,18,21)(H,19,20)/t11-,13+/m1/s1. The summed E-state index contributed by atoms with van der Waals surface area (Å²) in [5.74, 6) is 0.265. The summed E-state index contributed by atoms with van der Waals surface area (Å²) in [6.07, 6.45) is 3.16. The number of hydrogen-bond acceptors (Lipinski definition) is 3. The highest BCUT2D eigenvalue weighted by Crippen LogP contribution is 2.29. The van der Waals surface area contributed by atoms with Gasteiger partial charge in [0.15, 0.2) is 0 Å². The normalized spacial score (nSPS) is 24.5. The van der Waals surface area contributed by atoms with E-state index in [2.05, 4.69) is 10.6 Å².